The second-order valence-electron chi connectivity index (χ2n) is 3.90. The first-order valence-electron chi connectivity index (χ1n) is 5.21. The molecule has 0 aliphatic carbocycles. The Morgan fingerprint density at radius 3 is 2.67 bits per heavy atom. The molecule has 2 aromatic rings. The summed E-state index contributed by atoms with van der Waals surface area (Å²) in [5.41, 5.74) is 2.84. The Bertz CT molecular complexity index is 451. The van der Waals surface area contributed by atoms with Crippen molar-refractivity contribution in [1.29, 1.82) is 0 Å². The minimum absolute atomic E-state index is 0.347. The molecule has 0 saturated heterocycles. The lowest BCUT2D eigenvalue weighted by Crippen LogP contribution is -2.29. The van der Waals surface area contributed by atoms with Gasteiger partial charge >= 0.3 is 0 Å². The monoisotopic (exact) mass is 213 g/mol. The molecule has 1 nitrogen and oxygen atoms in total. The van der Waals surface area contributed by atoms with Gasteiger partial charge in [0.1, 0.15) is 0 Å². The van der Waals surface area contributed by atoms with Crippen LogP contribution in [0.2, 0.25) is 0 Å². The van der Waals surface area contributed by atoms with Crippen molar-refractivity contribution in [2.45, 2.75) is 13.8 Å². The standard InChI is InChI=1S/C13H15NSi/c1-10-5-3-7-13(11(10)2)15-12-6-4-8-14-9-12/h3-9H,15H2,1-2H3. The molecule has 2 heteroatoms. The Morgan fingerprint density at radius 1 is 1.07 bits per heavy atom. The minimum Gasteiger partial charge on any atom is -0.265 e. The molecule has 2 rings (SSSR count). The van der Waals surface area contributed by atoms with Gasteiger partial charge in [0.05, 0.1) is 9.52 Å². The van der Waals surface area contributed by atoms with E-state index >= 15 is 0 Å². The molecular formula is C13H15NSi. The zero-order valence-corrected chi connectivity index (χ0v) is 10.6. The third kappa shape index (κ3) is 2.33. The second-order valence-corrected chi connectivity index (χ2v) is 5.83. The number of benzene rings is 1. The van der Waals surface area contributed by atoms with Gasteiger partial charge in [-0.15, -0.1) is 0 Å². The van der Waals surface area contributed by atoms with E-state index in [4.69, 9.17) is 0 Å². The Hall–Kier alpha value is -1.41. The van der Waals surface area contributed by atoms with Crippen molar-refractivity contribution in [2.75, 3.05) is 0 Å². The first kappa shape index (κ1) is 10.1. The van der Waals surface area contributed by atoms with Gasteiger partial charge in [0.2, 0.25) is 0 Å². The van der Waals surface area contributed by atoms with Gasteiger partial charge in [-0.05, 0) is 36.2 Å². The van der Waals surface area contributed by atoms with Crippen molar-refractivity contribution in [2.24, 2.45) is 0 Å². The molecule has 0 atom stereocenters. The molecule has 0 amide bonds. The minimum atomic E-state index is -0.347. The Balaban J connectivity index is 2.29. The zero-order chi connectivity index (χ0) is 10.7. The summed E-state index contributed by atoms with van der Waals surface area (Å²) in [5, 5.41) is 2.94. The maximum Gasteiger partial charge on any atom is 0.0898 e. The van der Waals surface area contributed by atoms with Crippen LogP contribution in [0.3, 0.4) is 0 Å². The number of hydrogen-bond acceptors (Lipinski definition) is 1. The number of aryl methyl sites for hydroxylation is 1. The van der Waals surface area contributed by atoms with E-state index in [1.807, 2.05) is 18.5 Å². The average molecular weight is 213 g/mol. The van der Waals surface area contributed by atoms with E-state index in [2.05, 4.69) is 43.1 Å². The highest BCUT2D eigenvalue weighted by atomic mass is 28.2. The van der Waals surface area contributed by atoms with Gasteiger partial charge in [-0.3, -0.25) is 4.98 Å². The first-order valence-corrected chi connectivity index (χ1v) is 6.63. The van der Waals surface area contributed by atoms with Crippen LogP contribution in [0.25, 0.3) is 0 Å². The molecule has 0 aliphatic rings. The fourth-order valence-corrected chi connectivity index (χ4v) is 3.41. The summed E-state index contributed by atoms with van der Waals surface area (Å²) >= 11 is 0. The van der Waals surface area contributed by atoms with Gasteiger partial charge in [-0.25, -0.2) is 0 Å². The van der Waals surface area contributed by atoms with Crippen LogP contribution < -0.4 is 10.4 Å². The number of nitrogens with zero attached hydrogens (tertiary/aromatic N) is 1. The highest BCUT2D eigenvalue weighted by molar-refractivity contribution is 6.67. The van der Waals surface area contributed by atoms with Crippen molar-refractivity contribution < 1.29 is 0 Å². The van der Waals surface area contributed by atoms with Crippen LogP contribution >= 0.6 is 0 Å². The van der Waals surface area contributed by atoms with E-state index < -0.39 is 0 Å². The van der Waals surface area contributed by atoms with Crippen molar-refractivity contribution in [1.82, 2.24) is 4.98 Å². The Kier molecular flexibility index (Phi) is 2.97. The fourth-order valence-electron chi connectivity index (χ4n) is 1.73. The van der Waals surface area contributed by atoms with Gasteiger partial charge in [0, 0.05) is 12.4 Å². The summed E-state index contributed by atoms with van der Waals surface area (Å²) in [6, 6.07) is 10.8. The largest absolute Gasteiger partial charge is 0.265 e. The SMILES string of the molecule is Cc1cccc([SiH2]c2cccnc2)c1C. The number of aromatic nitrogens is 1. The van der Waals surface area contributed by atoms with E-state index in [-0.39, 0.29) is 9.52 Å². The predicted octanol–water partition coefficient (Wildman–Crippen LogP) is 0.818. The van der Waals surface area contributed by atoms with Gasteiger partial charge in [0.15, 0.2) is 0 Å². The molecule has 0 unspecified atom stereocenters. The molecule has 0 radical (unpaired) electrons. The van der Waals surface area contributed by atoms with Gasteiger partial charge in [-0.2, -0.15) is 0 Å². The second kappa shape index (κ2) is 4.40. The molecule has 0 N–H and O–H groups in total. The summed E-state index contributed by atoms with van der Waals surface area (Å²) in [6.45, 7) is 4.39. The summed E-state index contributed by atoms with van der Waals surface area (Å²) < 4.78 is 0. The number of pyridine rings is 1. The summed E-state index contributed by atoms with van der Waals surface area (Å²) in [6.07, 6.45) is 3.83. The summed E-state index contributed by atoms with van der Waals surface area (Å²) in [7, 11) is -0.347. The Labute approximate surface area is 93.0 Å². The van der Waals surface area contributed by atoms with Crippen LogP contribution in [-0.4, -0.2) is 14.5 Å². The molecule has 0 fully saturated rings. The first-order chi connectivity index (χ1) is 7.27. The molecule has 0 bridgehead atoms. The lowest BCUT2D eigenvalue weighted by molar-refractivity contribution is 1.35. The smallest absolute Gasteiger partial charge is 0.0898 e. The van der Waals surface area contributed by atoms with Crippen LogP contribution in [0.4, 0.5) is 0 Å². The number of hydrogen-bond donors (Lipinski definition) is 0. The van der Waals surface area contributed by atoms with E-state index in [0.29, 0.717) is 0 Å². The lowest BCUT2D eigenvalue weighted by atomic mass is 10.1. The van der Waals surface area contributed by atoms with Crippen LogP contribution in [0.1, 0.15) is 11.1 Å². The zero-order valence-electron chi connectivity index (χ0n) is 9.20. The highest BCUT2D eigenvalue weighted by Crippen LogP contribution is 2.01. The molecule has 1 aromatic heterocycles. The molecule has 0 spiro atoms. The topological polar surface area (TPSA) is 12.9 Å². The third-order valence-corrected chi connectivity index (χ3v) is 4.81. The maximum atomic E-state index is 4.17. The molecule has 76 valence electrons. The molecule has 1 heterocycles. The van der Waals surface area contributed by atoms with E-state index in [1.54, 1.807) is 0 Å². The lowest BCUT2D eigenvalue weighted by Gasteiger charge is -2.07. The fraction of sp³-hybridized carbons (Fsp3) is 0.154. The summed E-state index contributed by atoms with van der Waals surface area (Å²) in [5.74, 6) is 0. The Morgan fingerprint density at radius 2 is 1.93 bits per heavy atom. The predicted molar refractivity (Wildman–Crippen MR) is 68.0 cm³/mol. The van der Waals surface area contributed by atoms with E-state index in [9.17, 15) is 0 Å². The molecule has 1 aromatic carbocycles. The summed E-state index contributed by atoms with van der Waals surface area (Å²) in [4.78, 5) is 4.17. The van der Waals surface area contributed by atoms with Crippen LogP contribution in [0.15, 0.2) is 42.7 Å². The molecular weight excluding hydrogens is 198 g/mol. The van der Waals surface area contributed by atoms with Crippen molar-refractivity contribution >= 4 is 19.9 Å². The van der Waals surface area contributed by atoms with Gasteiger partial charge < -0.3 is 0 Å². The van der Waals surface area contributed by atoms with Crippen molar-refractivity contribution in [3.05, 3.63) is 53.9 Å². The quantitative estimate of drug-likeness (QED) is 0.673. The van der Waals surface area contributed by atoms with E-state index in [1.165, 1.54) is 21.5 Å². The third-order valence-electron chi connectivity index (χ3n) is 2.83. The average Bonchev–Trinajstić information content (AvgIpc) is 2.26. The number of rotatable bonds is 2. The van der Waals surface area contributed by atoms with E-state index in [0.717, 1.165) is 0 Å². The maximum absolute atomic E-state index is 4.17. The van der Waals surface area contributed by atoms with Crippen LogP contribution in [0.5, 0.6) is 0 Å². The highest BCUT2D eigenvalue weighted by Gasteiger charge is 2.02. The van der Waals surface area contributed by atoms with Gasteiger partial charge in [0.25, 0.3) is 0 Å². The van der Waals surface area contributed by atoms with Crippen molar-refractivity contribution in [3.63, 3.8) is 0 Å². The van der Waals surface area contributed by atoms with Crippen LogP contribution in [-0.2, 0) is 0 Å². The molecule has 15 heavy (non-hydrogen) atoms. The molecule has 0 saturated carbocycles. The van der Waals surface area contributed by atoms with Gasteiger partial charge in [-0.1, -0.05) is 29.5 Å². The van der Waals surface area contributed by atoms with Crippen LogP contribution in [0, 0.1) is 13.8 Å². The molecule has 0 aliphatic heterocycles. The van der Waals surface area contributed by atoms with Crippen molar-refractivity contribution in [3.8, 4) is 0 Å². The normalized spacial score (nSPS) is 11.1.